The first-order valence-electron chi connectivity index (χ1n) is 17.0. The van der Waals surface area contributed by atoms with E-state index in [1.54, 1.807) is 0 Å². The van der Waals surface area contributed by atoms with Crippen molar-refractivity contribution in [3.63, 3.8) is 0 Å². The average molecular weight is 594 g/mol. The maximum Gasteiger partial charge on any atom is 0.186 e. The summed E-state index contributed by atoms with van der Waals surface area (Å²) in [7, 11) is 0. The van der Waals surface area contributed by atoms with Crippen molar-refractivity contribution in [1.29, 1.82) is 0 Å². The van der Waals surface area contributed by atoms with E-state index in [4.69, 9.17) is 9.47 Å². The molecule has 7 fully saturated rings. The highest BCUT2D eigenvalue weighted by molar-refractivity contribution is 5.14. The van der Waals surface area contributed by atoms with Gasteiger partial charge in [0.25, 0.3) is 0 Å². The van der Waals surface area contributed by atoms with Gasteiger partial charge in [-0.15, -0.1) is 0 Å². The molecule has 6 N–H and O–H groups in total. The van der Waals surface area contributed by atoms with Crippen molar-refractivity contribution in [1.82, 2.24) is 4.90 Å². The van der Waals surface area contributed by atoms with Crippen LogP contribution in [0.3, 0.4) is 0 Å². The van der Waals surface area contributed by atoms with Gasteiger partial charge in [-0.1, -0.05) is 13.8 Å². The Morgan fingerprint density at radius 2 is 1.57 bits per heavy atom. The van der Waals surface area contributed by atoms with Crippen molar-refractivity contribution >= 4 is 0 Å². The second-order valence-electron chi connectivity index (χ2n) is 16.2. The molecule has 240 valence electrons. The van der Waals surface area contributed by atoms with Gasteiger partial charge in [-0.25, -0.2) is 0 Å². The van der Waals surface area contributed by atoms with E-state index in [2.05, 4.69) is 25.7 Å². The van der Waals surface area contributed by atoms with E-state index in [0.717, 1.165) is 45.2 Å². The summed E-state index contributed by atoms with van der Waals surface area (Å²) in [6.45, 7) is 8.63. The first-order chi connectivity index (χ1) is 19.9. The van der Waals surface area contributed by atoms with Crippen molar-refractivity contribution < 1.29 is 40.1 Å². The van der Waals surface area contributed by atoms with Gasteiger partial charge < -0.3 is 40.1 Å². The predicted molar refractivity (Wildman–Crippen MR) is 154 cm³/mol. The quantitative estimate of drug-likeness (QED) is 0.269. The number of aliphatic hydroxyl groups excluding tert-OH is 5. The molecule has 4 aliphatic carbocycles. The first-order valence-corrected chi connectivity index (χ1v) is 17.0. The molecular weight excluding hydrogens is 538 g/mol. The summed E-state index contributed by atoms with van der Waals surface area (Å²) in [5.74, 6) is 3.97. The Hall–Kier alpha value is -0.360. The van der Waals surface area contributed by atoms with Gasteiger partial charge >= 0.3 is 0 Å². The molecule has 7 aliphatic rings. The summed E-state index contributed by atoms with van der Waals surface area (Å²) in [4.78, 5) is 2.64. The van der Waals surface area contributed by atoms with Crippen LogP contribution in [0.2, 0.25) is 0 Å². The Bertz CT molecular complexity index is 995. The van der Waals surface area contributed by atoms with Gasteiger partial charge in [0.05, 0.1) is 24.4 Å². The summed E-state index contributed by atoms with van der Waals surface area (Å²) >= 11 is 0. The second-order valence-corrected chi connectivity index (χ2v) is 16.2. The molecule has 0 amide bonds. The van der Waals surface area contributed by atoms with Crippen LogP contribution in [0, 0.1) is 52.8 Å². The molecule has 3 heterocycles. The molecule has 7 rings (SSSR count). The van der Waals surface area contributed by atoms with Crippen molar-refractivity contribution in [2.45, 2.75) is 133 Å². The number of hydrogen-bond donors (Lipinski definition) is 6. The Balaban J connectivity index is 1.07. The Morgan fingerprint density at radius 3 is 2.33 bits per heavy atom. The third-order valence-corrected chi connectivity index (χ3v) is 14.2. The molecule has 3 saturated heterocycles. The molecule has 0 aromatic rings. The summed E-state index contributed by atoms with van der Waals surface area (Å²) in [6, 6.07) is 0.290. The number of nitrogens with zero attached hydrogens (tertiary/aromatic N) is 1. The third kappa shape index (κ3) is 4.58. The molecule has 42 heavy (non-hydrogen) atoms. The van der Waals surface area contributed by atoms with E-state index in [9.17, 15) is 30.6 Å². The zero-order valence-corrected chi connectivity index (χ0v) is 25.7. The minimum Gasteiger partial charge on any atom is -0.394 e. The Labute approximate surface area is 250 Å². The van der Waals surface area contributed by atoms with E-state index in [1.807, 2.05) is 0 Å². The highest BCUT2D eigenvalue weighted by Gasteiger charge is 2.64. The predicted octanol–water partition coefficient (Wildman–Crippen LogP) is 1.50. The molecule has 3 aliphatic heterocycles. The van der Waals surface area contributed by atoms with Crippen LogP contribution in [0.1, 0.15) is 78.6 Å². The minimum absolute atomic E-state index is 0.00374. The normalized spacial score (nSPS) is 59.6. The first kappa shape index (κ1) is 30.3. The van der Waals surface area contributed by atoms with Crippen LogP contribution in [0.5, 0.6) is 0 Å². The van der Waals surface area contributed by atoms with E-state index < -0.39 is 49.0 Å². The van der Waals surface area contributed by atoms with Crippen LogP contribution < -0.4 is 0 Å². The Kier molecular flexibility index (Phi) is 7.84. The second kappa shape index (κ2) is 10.9. The van der Waals surface area contributed by atoms with Gasteiger partial charge in [0.2, 0.25) is 0 Å². The lowest BCUT2D eigenvalue weighted by atomic mass is 9.51. The zero-order valence-electron chi connectivity index (χ0n) is 25.7. The van der Waals surface area contributed by atoms with E-state index in [-0.39, 0.29) is 23.5 Å². The molecule has 4 saturated carbocycles. The summed E-state index contributed by atoms with van der Waals surface area (Å²) in [5, 5.41) is 64.1. The van der Waals surface area contributed by atoms with Crippen LogP contribution in [0.15, 0.2) is 0 Å². The largest absolute Gasteiger partial charge is 0.394 e. The number of hydrogen-bond acceptors (Lipinski definition) is 9. The van der Waals surface area contributed by atoms with Crippen molar-refractivity contribution in [2.24, 2.45) is 52.8 Å². The van der Waals surface area contributed by atoms with Gasteiger partial charge in [-0.2, -0.15) is 0 Å². The Morgan fingerprint density at radius 1 is 0.786 bits per heavy atom. The maximum absolute atomic E-state index is 12.0. The smallest absolute Gasteiger partial charge is 0.186 e. The van der Waals surface area contributed by atoms with E-state index >= 15 is 0 Å². The van der Waals surface area contributed by atoms with Gasteiger partial charge in [0.1, 0.15) is 24.4 Å². The topological polar surface area (TPSA) is 143 Å². The van der Waals surface area contributed by atoms with Gasteiger partial charge in [0, 0.05) is 19.1 Å². The fraction of sp³-hybridized carbons (Fsp3) is 1.00. The summed E-state index contributed by atoms with van der Waals surface area (Å²) in [5.41, 5.74) is -0.628. The number of fused-ring (bicyclic) bond motifs is 8. The highest BCUT2D eigenvalue weighted by atomic mass is 16.7. The summed E-state index contributed by atoms with van der Waals surface area (Å²) in [6.07, 6.45) is 1.96. The summed E-state index contributed by atoms with van der Waals surface area (Å²) < 4.78 is 11.8. The molecule has 9 nitrogen and oxygen atoms in total. The van der Waals surface area contributed by atoms with Gasteiger partial charge in [0.15, 0.2) is 6.29 Å². The molecule has 0 aromatic carbocycles. The number of piperidine rings is 2. The lowest BCUT2D eigenvalue weighted by Crippen LogP contribution is -2.67. The van der Waals surface area contributed by atoms with Gasteiger partial charge in [-0.05, 0) is 117 Å². The van der Waals surface area contributed by atoms with Crippen molar-refractivity contribution in [3.05, 3.63) is 0 Å². The molecule has 0 unspecified atom stereocenters. The van der Waals surface area contributed by atoms with E-state index in [1.165, 1.54) is 19.3 Å². The molecule has 0 radical (unpaired) electrons. The molecule has 18 atom stereocenters. The van der Waals surface area contributed by atoms with Crippen LogP contribution in [0.25, 0.3) is 0 Å². The monoisotopic (exact) mass is 593 g/mol. The maximum atomic E-state index is 12.0. The lowest BCUT2D eigenvalue weighted by Gasteiger charge is -2.60. The molecule has 9 heteroatoms. The molecule has 0 aromatic heterocycles. The third-order valence-electron chi connectivity index (χ3n) is 14.2. The fourth-order valence-corrected chi connectivity index (χ4v) is 12.1. The molecule has 0 spiro atoms. The molecular formula is C33H55NO8. The van der Waals surface area contributed by atoms with Crippen LogP contribution in [-0.2, 0) is 9.47 Å². The standard InChI is InChI=1S/C33H55NO8/c1-16-4-7-27-33(3,40)22-6-5-18-19(21(22)14-34(27)13-16)11-23-20(18)12-25(36)24-10-17(8-9-32(23,24)2)41-31-30(39)29(38)28(37)26(15-35)42-31/h16-31,35-40H,4-15H2,1-3H3/t16-,17-,18+,19-,20-,21-,22-,23-,24+,25-,26+,27+,28+,29-,30+,31+,32+,33-/m0/s1. The van der Waals surface area contributed by atoms with Crippen molar-refractivity contribution in [2.75, 3.05) is 19.7 Å². The van der Waals surface area contributed by atoms with Crippen LogP contribution in [-0.4, -0.2) is 110 Å². The van der Waals surface area contributed by atoms with E-state index in [0.29, 0.717) is 47.8 Å². The minimum atomic E-state index is -1.45. The fourth-order valence-electron chi connectivity index (χ4n) is 12.1. The van der Waals surface area contributed by atoms with Crippen LogP contribution in [0.4, 0.5) is 0 Å². The molecule has 0 bridgehead atoms. The zero-order chi connectivity index (χ0) is 29.7. The number of aliphatic hydroxyl groups is 6. The van der Waals surface area contributed by atoms with Crippen molar-refractivity contribution in [3.8, 4) is 0 Å². The SMILES string of the molecule is C[C@H]1CC[C@H]2N(C1)C[C@H]1[C@H]3C[C@H]4[C@@H](C[C@H](O)[C@H]5C[C@@H](O[C@@H]6O[C@H](CO)[C@@H](O)[C@H](O)[C@H]6O)CC[C@@]54C)[C@@H]3CC[C@@H]1[C@]2(C)O. The average Bonchev–Trinajstić information content (AvgIpc) is 3.33. The van der Waals surface area contributed by atoms with Gasteiger partial charge in [-0.3, -0.25) is 4.90 Å². The number of ether oxygens (including phenoxy) is 2. The number of rotatable bonds is 3. The highest BCUT2D eigenvalue weighted by Crippen LogP contribution is 2.67. The van der Waals surface area contributed by atoms with Crippen LogP contribution >= 0.6 is 0 Å². The lowest BCUT2D eigenvalue weighted by molar-refractivity contribution is -0.317.